The first kappa shape index (κ1) is 16.3. The quantitative estimate of drug-likeness (QED) is 0.839. The zero-order valence-electron chi connectivity index (χ0n) is 13.9. The average Bonchev–Trinajstić information content (AvgIpc) is 2.82. The summed E-state index contributed by atoms with van der Waals surface area (Å²) in [6.45, 7) is 8.39. The Morgan fingerprint density at radius 3 is 2.81 bits per heavy atom. The van der Waals surface area contributed by atoms with Crippen molar-refractivity contribution >= 4 is 5.95 Å². The normalized spacial score (nSPS) is 18.9. The van der Waals surface area contributed by atoms with E-state index in [0.29, 0.717) is 12.6 Å². The van der Waals surface area contributed by atoms with E-state index < -0.39 is 0 Å². The van der Waals surface area contributed by atoms with Gasteiger partial charge < -0.3 is 19.5 Å². The van der Waals surface area contributed by atoms with Crippen LogP contribution in [0.4, 0.5) is 5.95 Å². The maximum Gasteiger partial charge on any atom is 0.203 e. The molecule has 5 nitrogen and oxygen atoms in total. The molecule has 1 fully saturated rings. The molecule has 2 heterocycles. The van der Waals surface area contributed by atoms with Crippen LogP contribution in [-0.2, 0) is 4.74 Å². The number of hydrogen-bond acceptors (Lipinski definition) is 4. The van der Waals surface area contributed by atoms with Crippen LogP contribution in [0.1, 0.15) is 37.9 Å². The minimum absolute atomic E-state index is 0.307. The molecular formula is C16H30N4O. The van der Waals surface area contributed by atoms with Crippen molar-refractivity contribution in [2.24, 2.45) is 5.92 Å². The molecular weight excluding hydrogens is 264 g/mol. The van der Waals surface area contributed by atoms with E-state index in [2.05, 4.69) is 39.9 Å². The molecule has 21 heavy (non-hydrogen) atoms. The maximum absolute atomic E-state index is 5.25. The van der Waals surface area contributed by atoms with Crippen LogP contribution in [0.3, 0.4) is 0 Å². The van der Waals surface area contributed by atoms with Crippen LogP contribution < -0.4 is 5.32 Å². The molecule has 0 radical (unpaired) electrons. The molecule has 1 saturated heterocycles. The Labute approximate surface area is 128 Å². The first-order valence-corrected chi connectivity index (χ1v) is 8.07. The van der Waals surface area contributed by atoms with E-state index in [9.17, 15) is 0 Å². The lowest BCUT2D eigenvalue weighted by molar-refractivity contribution is 0.163. The number of methoxy groups -OCH3 is 1. The van der Waals surface area contributed by atoms with Gasteiger partial charge in [0.05, 0.1) is 18.3 Å². The number of nitrogens with one attached hydrogen (secondary N) is 1. The summed E-state index contributed by atoms with van der Waals surface area (Å²) in [7, 11) is 3.96. The van der Waals surface area contributed by atoms with E-state index in [1.807, 2.05) is 6.92 Å². The summed E-state index contributed by atoms with van der Waals surface area (Å²) in [6.07, 6.45) is 5.98. The van der Waals surface area contributed by atoms with Crippen molar-refractivity contribution in [3.8, 4) is 0 Å². The van der Waals surface area contributed by atoms with Gasteiger partial charge in [-0.05, 0) is 59.2 Å². The zero-order chi connectivity index (χ0) is 15.2. The fourth-order valence-electron chi connectivity index (χ4n) is 3.04. The highest BCUT2D eigenvalue weighted by Crippen LogP contribution is 2.20. The molecule has 1 unspecified atom stereocenters. The predicted octanol–water partition coefficient (Wildman–Crippen LogP) is 2.54. The largest absolute Gasteiger partial charge is 0.383 e. The van der Waals surface area contributed by atoms with Crippen molar-refractivity contribution in [2.75, 3.05) is 45.7 Å². The van der Waals surface area contributed by atoms with Crippen molar-refractivity contribution in [3.63, 3.8) is 0 Å². The Morgan fingerprint density at radius 1 is 1.43 bits per heavy atom. The van der Waals surface area contributed by atoms with Gasteiger partial charge in [-0.1, -0.05) is 0 Å². The number of aromatic nitrogens is 2. The lowest BCUT2D eigenvalue weighted by Crippen LogP contribution is -2.31. The Morgan fingerprint density at radius 2 is 2.14 bits per heavy atom. The highest BCUT2D eigenvalue weighted by Gasteiger charge is 2.17. The second-order valence-corrected chi connectivity index (χ2v) is 6.38. The molecule has 1 aliphatic rings. The van der Waals surface area contributed by atoms with Crippen LogP contribution in [0.25, 0.3) is 0 Å². The Bertz CT molecular complexity index is 424. The van der Waals surface area contributed by atoms with Gasteiger partial charge in [0.15, 0.2) is 0 Å². The number of aryl methyl sites for hydroxylation is 1. The van der Waals surface area contributed by atoms with Crippen LogP contribution in [-0.4, -0.2) is 54.8 Å². The molecule has 0 spiro atoms. The number of anilines is 1. The van der Waals surface area contributed by atoms with Crippen LogP contribution in [0, 0.1) is 12.8 Å². The molecule has 1 atom stereocenters. The van der Waals surface area contributed by atoms with E-state index in [0.717, 1.165) is 24.1 Å². The molecule has 1 N–H and O–H groups in total. The number of hydrogen-bond donors (Lipinski definition) is 1. The summed E-state index contributed by atoms with van der Waals surface area (Å²) >= 11 is 0. The molecule has 1 aromatic heterocycles. The van der Waals surface area contributed by atoms with Crippen molar-refractivity contribution in [1.82, 2.24) is 14.5 Å². The lowest BCUT2D eigenvalue weighted by Gasteiger charge is -2.29. The Hall–Kier alpha value is -1.07. The van der Waals surface area contributed by atoms with Crippen molar-refractivity contribution in [3.05, 3.63) is 11.9 Å². The van der Waals surface area contributed by atoms with Gasteiger partial charge in [-0.2, -0.15) is 0 Å². The van der Waals surface area contributed by atoms with Gasteiger partial charge in [0.25, 0.3) is 0 Å². The number of ether oxygens (including phenoxy) is 1. The molecule has 2 rings (SSSR count). The first-order valence-electron chi connectivity index (χ1n) is 8.07. The van der Waals surface area contributed by atoms with E-state index in [4.69, 9.17) is 4.74 Å². The van der Waals surface area contributed by atoms with Crippen LogP contribution >= 0.6 is 0 Å². The fourth-order valence-corrected chi connectivity index (χ4v) is 3.04. The number of rotatable bonds is 7. The van der Waals surface area contributed by atoms with Crippen molar-refractivity contribution in [1.29, 1.82) is 0 Å². The number of piperidine rings is 1. The first-order chi connectivity index (χ1) is 10.1. The SMILES string of the molecule is COCC(C)n1cc(C)nc1NCCC1CCN(C)CC1. The zero-order valence-corrected chi connectivity index (χ0v) is 13.9. The lowest BCUT2D eigenvalue weighted by atomic mass is 9.94. The molecule has 1 aromatic rings. The van der Waals surface area contributed by atoms with E-state index in [1.54, 1.807) is 7.11 Å². The molecule has 120 valence electrons. The van der Waals surface area contributed by atoms with Crippen LogP contribution in [0.2, 0.25) is 0 Å². The number of nitrogens with zero attached hydrogens (tertiary/aromatic N) is 3. The number of imidazole rings is 1. The fraction of sp³-hybridized carbons (Fsp3) is 0.812. The van der Waals surface area contributed by atoms with Gasteiger partial charge in [-0.3, -0.25) is 0 Å². The number of likely N-dealkylation sites (tertiary alicyclic amines) is 1. The van der Waals surface area contributed by atoms with Gasteiger partial charge >= 0.3 is 0 Å². The minimum Gasteiger partial charge on any atom is -0.383 e. The van der Waals surface area contributed by atoms with Gasteiger partial charge in [-0.25, -0.2) is 4.98 Å². The van der Waals surface area contributed by atoms with E-state index in [1.165, 1.54) is 32.4 Å². The molecule has 0 bridgehead atoms. The highest BCUT2D eigenvalue weighted by atomic mass is 16.5. The smallest absolute Gasteiger partial charge is 0.203 e. The summed E-state index contributed by atoms with van der Waals surface area (Å²) in [5.41, 5.74) is 1.06. The van der Waals surface area contributed by atoms with Crippen molar-refractivity contribution < 1.29 is 4.74 Å². The molecule has 1 aliphatic heterocycles. The summed E-state index contributed by atoms with van der Waals surface area (Å²) in [4.78, 5) is 7.02. The standard InChI is InChI=1S/C16H30N4O/c1-13-11-20(14(2)12-21-4)16(18-13)17-8-5-15-6-9-19(3)10-7-15/h11,14-15H,5-10,12H2,1-4H3,(H,17,18). The predicted molar refractivity (Wildman–Crippen MR) is 86.9 cm³/mol. The van der Waals surface area contributed by atoms with E-state index in [-0.39, 0.29) is 0 Å². The summed E-state index contributed by atoms with van der Waals surface area (Å²) < 4.78 is 7.44. The second kappa shape index (κ2) is 7.80. The maximum atomic E-state index is 5.25. The molecule has 5 heteroatoms. The van der Waals surface area contributed by atoms with Gasteiger partial charge in [0.1, 0.15) is 0 Å². The monoisotopic (exact) mass is 294 g/mol. The second-order valence-electron chi connectivity index (χ2n) is 6.38. The summed E-state index contributed by atoms with van der Waals surface area (Å²) in [6, 6.07) is 0.307. The Balaban J connectivity index is 1.82. The molecule has 0 amide bonds. The molecule has 0 saturated carbocycles. The van der Waals surface area contributed by atoms with Crippen LogP contribution in [0.5, 0.6) is 0 Å². The third kappa shape index (κ3) is 4.71. The van der Waals surface area contributed by atoms with Gasteiger partial charge in [-0.15, -0.1) is 0 Å². The molecule has 0 aromatic carbocycles. The van der Waals surface area contributed by atoms with Gasteiger partial charge in [0, 0.05) is 19.9 Å². The van der Waals surface area contributed by atoms with Gasteiger partial charge in [0.2, 0.25) is 5.95 Å². The van der Waals surface area contributed by atoms with Crippen molar-refractivity contribution in [2.45, 2.75) is 39.2 Å². The topological polar surface area (TPSA) is 42.3 Å². The summed E-state index contributed by atoms with van der Waals surface area (Å²) in [5.74, 6) is 1.83. The average molecular weight is 294 g/mol. The summed E-state index contributed by atoms with van der Waals surface area (Å²) in [5, 5.41) is 3.51. The highest BCUT2D eigenvalue weighted by molar-refractivity contribution is 5.29. The Kier molecular flexibility index (Phi) is 6.06. The third-order valence-electron chi connectivity index (χ3n) is 4.41. The van der Waals surface area contributed by atoms with Crippen LogP contribution in [0.15, 0.2) is 6.20 Å². The minimum atomic E-state index is 0.307. The van der Waals surface area contributed by atoms with E-state index >= 15 is 0 Å². The third-order valence-corrected chi connectivity index (χ3v) is 4.41. The molecule has 0 aliphatic carbocycles.